The SMILES string of the molecule is CCCC[C@@H](C)[C@@H](O)[C@@H](O)C[C@@H](C)C[C@H](O)CCCC[C@@H](O)C[C@H](O)[C@H](C)N. The van der Waals surface area contributed by atoms with Gasteiger partial charge in [-0.05, 0) is 50.9 Å². The van der Waals surface area contributed by atoms with Crippen molar-refractivity contribution in [2.45, 2.75) is 128 Å². The molecule has 0 amide bonds. The zero-order chi connectivity index (χ0) is 21.7. The third-order valence-corrected chi connectivity index (χ3v) is 5.75. The molecule has 6 heteroatoms. The third-order valence-electron chi connectivity index (χ3n) is 5.75. The molecule has 0 aliphatic carbocycles. The van der Waals surface area contributed by atoms with Crippen LogP contribution in [0.1, 0.15) is 91.9 Å². The average Bonchev–Trinajstić information content (AvgIpc) is 2.62. The zero-order valence-electron chi connectivity index (χ0n) is 18.5. The van der Waals surface area contributed by atoms with E-state index >= 15 is 0 Å². The first-order chi connectivity index (χ1) is 13.1. The maximum absolute atomic E-state index is 10.3. The number of hydrogen-bond acceptors (Lipinski definition) is 6. The predicted octanol–water partition coefficient (Wildman–Crippen LogP) is 2.33. The van der Waals surface area contributed by atoms with Crippen LogP contribution in [0.25, 0.3) is 0 Å². The molecule has 0 saturated heterocycles. The van der Waals surface area contributed by atoms with Gasteiger partial charge in [0.15, 0.2) is 0 Å². The average molecular weight is 406 g/mol. The predicted molar refractivity (Wildman–Crippen MR) is 114 cm³/mol. The van der Waals surface area contributed by atoms with E-state index in [1.165, 1.54) is 0 Å². The van der Waals surface area contributed by atoms with E-state index in [1.54, 1.807) is 6.92 Å². The number of hydrogen-bond donors (Lipinski definition) is 6. The summed E-state index contributed by atoms with van der Waals surface area (Å²) in [5.74, 6) is 0.212. The Kier molecular flexibility index (Phi) is 15.4. The van der Waals surface area contributed by atoms with Gasteiger partial charge in [0.25, 0.3) is 0 Å². The van der Waals surface area contributed by atoms with E-state index in [1.807, 2.05) is 13.8 Å². The van der Waals surface area contributed by atoms with E-state index in [2.05, 4.69) is 6.92 Å². The molecule has 0 unspecified atom stereocenters. The Labute approximate surface area is 172 Å². The Balaban J connectivity index is 3.98. The minimum atomic E-state index is -0.749. The van der Waals surface area contributed by atoms with Crippen LogP contribution in [0.2, 0.25) is 0 Å². The van der Waals surface area contributed by atoms with Gasteiger partial charge in [-0.25, -0.2) is 0 Å². The number of aliphatic hydroxyl groups is 5. The van der Waals surface area contributed by atoms with Gasteiger partial charge in [0, 0.05) is 12.5 Å². The summed E-state index contributed by atoms with van der Waals surface area (Å²) in [4.78, 5) is 0. The van der Waals surface area contributed by atoms with E-state index in [0.717, 1.165) is 32.1 Å². The highest BCUT2D eigenvalue weighted by Crippen LogP contribution is 2.22. The Morgan fingerprint density at radius 3 is 1.71 bits per heavy atom. The molecule has 170 valence electrons. The molecule has 0 bridgehead atoms. The fourth-order valence-corrected chi connectivity index (χ4v) is 3.68. The molecule has 0 aliphatic rings. The van der Waals surface area contributed by atoms with Gasteiger partial charge in [0.2, 0.25) is 0 Å². The zero-order valence-corrected chi connectivity index (χ0v) is 18.5. The third kappa shape index (κ3) is 13.1. The minimum absolute atomic E-state index is 0.0827. The monoisotopic (exact) mass is 405 g/mol. The van der Waals surface area contributed by atoms with Crippen molar-refractivity contribution in [3.05, 3.63) is 0 Å². The summed E-state index contributed by atoms with van der Waals surface area (Å²) in [5, 5.41) is 50.3. The molecule has 0 aromatic heterocycles. The van der Waals surface area contributed by atoms with Crippen molar-refractivity contribution in [3.63, 3.8) is 0 Å². The van der Waals surface area contributed by atoms with Crippen molar-refractivity contribution in [3.8, 4) is 0 Å². The van der Waals surface area contributed by atoms with E-state index in [0.29, 0.717) is 25.7 Å². The first-order valence-corrected chi connectivity index (χ1v) is 11.2. The van der Waals surface area contributed by atoms with Crippen molar-refractivity contribution in [2.75, 3.05) is 0 Å². The van der Waals surface area contributed by atoms with E-state index in [4.69, 9.17) is 5.73 Å². The van der Waals surface area contributed by atoms with E-state index < -0.39 is 30.5 Å². The maximum Gasteiger partial charge on any atom is 0.0824 e. The van der Waals surface area contributed by atoms with Gasteiger partial charge in [-0.1, -0.05) is 46.5 Å². The molecule has 0 spiro atoms. The van der Waals surface area contributed by atoms with Gasteiger partial charge in [0.05, 0.1) is 30.5 Å². The topological polar surface area (TPSA) is 127 Å². The molecule has 7 N–H and O–H groups in total. The van der Waals surface area contributed by atoms with Crippen LogP contribution in [0.15, 0.2) is 0 Å². The molecule has 0 aromatic rings. The molecule has 0 rings (SSSR count). The second-order valence-corrected chi connectivity index (χ2v) is 9.01. The molecule has 6 nitrogen and oxygen atoms in total. The number of nitrogens with two attached hydrogens (primary N) is 1. The van der Waals surface area contributed by atoms with Crippen molar-refractivity contribution >= 4 is 0 Å². The standard InChI is InChI=1S/C22H47NO5/c1-5-6-9-16(3)22(28)21(27)13-15(2)12-18(24)10-7-8-11-19(25)14-20(26)17(4)23/h15-22,24-28H,5-14,23H2,1-4H3/t15-,16+,17-,18+,19+,20-,21-,22+/m0/s1. The quantitative estimate of drug-likeness (QED) is 0.206. The lowest BCUT2D eigenvalue weighted by atomic mass is 9.88. The van der Waals surface area contributed by atoms with Crippen LogP contribution >= 0.6 is 0 Å². The Morgan fingerprint density at radius 2 is 1.21 bits per heavy atom. The summed E-state index contributed by atoms with van der Waals surface area (Å²) < 4.78 is 0. The summed E-state index contributed by atoms with van der Waals surface area (Å²) in [6, 6.07) is -0.346. The molecule has 0 saturated carbocycles. The maximum atomic E-state index is 10.3. The molecule has 8 atom stereocenters. The Bertz CT molecular complexity index is 369. The lowest BCUT2D eigenvalue weighted by Gasteiger charge is -2.26. The van der Waals surface area contributed by atoms with Crippen LogP contribution in [-0.2, 0) is 0 Å². The van der Waals surface area contributed by atoms with Gasteiger partial charge in [-0.2, -0.15) is 0 Å². The number of aliphatic hydroxyl groups excluding tert-OH is 5. The summed E-state index contributed by atoms with van der Waals surface area (Å²) in [5.41, 5.74) is 5.59. The second kappa shape index (κ2) is 15.6. The van der Waals surface area contributed by atoms with Crippen molar-refractivity contribution < 1.29 is 25.5 Å². The fraction of sp³-hybridized carbons (Fsp3) is 1.00. The molecule has 0 fully saturated rings. The van der Waals surface area contributed by atoms with Gasteiger partial charge < -0.3 is 31.3 Å². The molecule has 0 aromatic carbocycles. The van der Waals surface area contributed by atoms with Gasteiger partial charge in [-0.3, -0.25) is 0 Å². The highest BCUT2D eigenvalue weighted by Gasteiger charge is 2.25. The van der Waals surface area contributed by atoms with Crippen LogP contribution in [0.5, 0.6) is 0 Å². The lowest BCUT2D eigenvalue weighted by Crippen LogP contribution is -2.34. The van der Waals surface area contributed by atoms with E-state index in [-0.39, 0.29) is 24.3 Å². The normalized spacial score (nSPS) is 20.8. The molecular formula is C22H47NO5. The number of rotatable bonds is 17. The van der Waals surface area contributed by atoms with Crippen LogP contribution in [0.4, 0.5) is 0 Å². The Hall–Kier alpha value is -0.240. The van der Waals surface area contributed by atoms with Gasteiger partial charge in [0.1, 0.15) is 0 Å². The molecular weight excluding hydrogens is 358 g/mol. The Morgan fingerprint density at radius 1 is 0.679 bits per heavy atom. The summed E-state index contributed by atoms with van der Waals surface area (Å²) in [7, 11) is 0. The van der Waals surface area contributed by atoms with E-state index in [9.17, 15) is 25.5 Å². The van der Waals surface area contributed by atoms with Crippen LogP contribution < -0.4 is 5.73 Å². The summed E-state index contributed by atoms with van der Waals surface area (Å²) in [6.07, 6.45) is 4.10. The molecule has 0 heterocycles. The van der Waals surface area contributed by atoms with Crippen LogP contribution in [-0.4, -0.2) is 62.1 Å². The second-order valence-electron chi connectivity index (χ2n) is 9.01. The minimum Gasteiger partial charge on any atom is -0.393 e. The van der Waals surface area contributed by atoms with Crippen LogP contribution in [0.3, 0.4) is 0 Å². The van der Waals surface area contributed by atoms with Crippen molar-refractivity contribution in [1.29, 1.82) is 0 Å². The highest BCUT2D eigenvalue weighted by molar-refractivity contribution is 4.76. The lowest BCUT2D eigenvalue weighted by molar-refractivity contribution is -0.0288. The summed E-state index contributed by atoms with van der Waals surface area (Å²) in [6.45, 7) is 7.81. The first kappa shape index (κ1) is 27.8. The van der Waals surface area contributed by atoms with Crippen molar-refractivity contribution in [2.24, 2.45) is 17.6 Å². The van der Waals surface area contributed by atoms with Crippen molar-refractivity contribution in [1.82, 2.24) is 0 Å². The fourth-order valence-electron chi connectivity index (χ4n) is 3.68. The van der Waals surface area contributed by atoms with Gasteiger partial charge >= 0.3 is 0 Å². The smallest absolute Gasteiger partial charge is 0.0824 e. The molecule has 0 aliphatic heterocycles. The molecule has 0 radical (unpaired) electrons. The van der Waals surface area contributed by atoms with Gasteiger partial charge in [-0.15, -0.1) is 0 Å². The van der Waals surface area contributed by atoms with Crippen LogP contribution in [0, 0.1) is 11.8 Å². The molecule has 28 heavy (non-hydrogen) atoms. The summed E-state index contributed by atoms with van der Waals surface area (Å²) >= 11 is 0. The highest BCUT2D eigenvalue weighted by atomic mass is 16.3. The largest absolute Gasteiger partial charge is 0.393 e. The number of unbranched alkanes of at least 4 members (excludes halogenated alkanes) is 2. The first-order valence-electron chi connectivity index (χ1n) is 11.2.